The molecule has 0 radical (unpaired) electrons. The molecule has 0 saturated heterocycles. The highest BCUT2D eigenvalue weighted by atomic mass is 16.5. The van der Waals surface area contributed by atoms with Crippen molar-refractivity contribution < 1.29 is 9.84 Å². The maximum atomic E-state index is 9.43. The Morgan fingerprint density at radius 1 is 1.22 bits per heavy atom. The summed E-state index contributed by atoms with van der Waals surface area (Å²) in [7, 11) is 1.60. The Balaban J connectivity index is 2.10. The van der Waals surface area contributed by atoms with Gasteiger partial charge in [-0.15, -0.1) is 0 Å². The second-order valence-corrected chi connectivity index (χ2v) is 3.87. The van der Waals surface area contributed by atoms with Gasteiger partial charge in [0.2, 0.25) is 0 Å². The normalized spacial score (nSPS) is 11.9. The molecule has 4 nitrogen and oxygen atoms in total. The number of nitrogens with one attached hydrogen (secondary N) is 1. The average molecular weight is 244 g/mol. The lowest BCUT2D eigenvalue weighted by Gasteiger charge is -2.17. The monoisotopic (exact) mass is 244 g/mol. The van der Waals surface area contributed by atoms with E-state index in [1.165, 1.54) is 0 Å². The fourth-order valence-electron chi connectivity index (χ4n) is 1.68. The van der Waals surface area contributed by atoms with E-state index in [1.54, 1.807) is 13.3 Å². The Bertz CT molecular complexity index is 471. The van der Waals surface area contributed by atoms with E-state index < -0.39 is 0 Å². The van der Waals surface area contributed by atoms with Crippen LogP contribution in [0, 0.1) is 0 Å². The van der Waals surface area contributed by atoms with E-state index in [4.69, 9.17) is 4.74 Å². The number of hydrogen-bond acceptors (Lipinski definition) is 4. The fourth-order valence-corrected chi connectivity index (χ4v) is 1.68. The number of methoxy groups -OCH3 is 1. The van der Waals surface area contributed by atoms with Crippen molar-refractivity contribution in [2.75, 3.05) is 19.0 Å². The Kier molecular flexibility index (Phi) is 4.15. The number of aromatic nitrogens is 1. The largest absolute Gasteiger partial charge is 0.495 e. The van der Waals surface area contributed by atoms with Gasteiger partial charge in [0.1, 0.15) is 11.6 Å². The van der Waals surface area contributed by atoms with Crippen LogP contribution in [0.4, 0.5) is 5.82 Å². The first-order valence-electron chi connectivity index (χ1n) is 5.76. The predicted octanol–water partition coefficient (Wildman–Crippen LogP) is 2.24. The number of anilines is 1. The zero-order chi connectivity index (χ0) is 12.8. The summed E-state index contributed by atoms with van der Waals surface area (Å²) in [5.41, 5.74) is 1.03. The highest BCUT2D eigenvalue weighted by Gasteiger charge is 2.09. The first-order valence-corrected chi connectivity index (χ1v) is 5.76. The van der Waals surface area contributed by atoms with Crippen LogP contribution >= 0.6 is 0 Å². The van der Waals surface area contributed by atoms with Crippen molar-refractivity contribution >= 4 is 5.82 Å². The molecule has 1 atom stereocenters. The number of pyridine rings is 1. The van der Waals surface area contributed by atoms with Gasteiger partial charge in [-0.25, -0.2) is 4.98 Å². The summed E-state index contributed by atoms with van der Waals surface area (Å²) < 4.78 is 5.05. The van der Waals surface area contributed by atoms with Crippen LogP contribution in [0.1, 0.15) is 11.6 Å². The molecule has 0 spiro atoms. The predicted molar refractivity (Wildman–Crippen MR) is 70.7 cm³/mol. The van der Waals surface area contributed by atoms with E-state index in [0.717, 1.165) is 5.56 Å². The maximum absolute atomic E-state index is 9.43. The number of hydrogen-bond donors (Lipinski definition) is 2. The molecule has 2 aromatic rings. The topological polar surface area (TPSA) is 54.4 Å². The second kappa shape index (κ2) is 6.02. The molecule has 1 aromatic heterocycles. The van der Waals surface area contributed by atoms with Crippen LogP contribution in [-0.2, 0) is 0 Å². The average Bonchev–Trinajstić information content (AvgIpc) is 2.46. The molecular formula is C14H16N2O2. The molecule has 94 valence electrons. The summed E-state index contributed by atoms with van der Waals surface area (Å²) >= 11 is 0. The van der Waals surface area contributed by atoms with Crippen molar-refractivity contribution in [2.24, 2.45) is 0 Å². The van der Waals surface area contributed by atoms with E-state index in [2.05, 4.69) is 10.3 Å². The van der Waals surface area contributed by atoms with Crippen molar-refractivity contribution in [1.82, 2.24) is 4.98 Å². The summed E-state index contributed by atoms with van der Waals surface area (Å²) in [5.74, 6) is 1.42. The lowest BCUT2D eigenvalue weighted by atomic mass is 10.1. The zero-order valence-corrected chi connectivity index (χ0v) is 10.2. The molecule has 2 N–H and O–H groups in total. The Labute approximate surface area is 106 Å². The van der Waals surface area contributed by atoms with Crippen LogP contribution < -0.4 is 10.1 Å². The van der Waals surface area contributed by atoms with Gasteiger partial charge in [-0.1, -0.05) is 30.3 Å². The maximum Gasteiger partial charge on any atom is 0.137 e. The molecule has 0 saturated carbocycles. The summed E-state index contributed by atoms with van der Waals surface area (Å²) in [4.78, 5) is 4.22. The van der Waals surface area contributed by atoms with Crippen molar-refractivity contribution in [2.45, 2.75) is 6.04 Å². The first-order chi connectivity index (χ1) is 8.83. The zero-order valence-electron chi connectivity index (χ0n) is 10.2. The van der Waals surface area contributed by atoms with Gasteiger partial charge in [0.05, 0.1) is 26.0 Å². The number of rotatable bonds is 5. The van der Waals surface area contributed by atoms with Crippen LogP contribution in [0.5, 0.6) is 5.75 Å². The first kappa shape index (κ1) is 12.4. The van der Waals surface area contributed by atoms with Crippen molar-refractivity contribution in [3.8, 4) is 5.75 Å². The summed E-state index contributed by atoms with van der Waals surface area (Å²) in [6.07, 6.45) is 1.64. The lowest BCUT2D eigenvalue weighted by Crippen LogP contribution is -2.15. The molecule has 0 bridgehead atoms. The SMILES string of the molecule is COc1ccc(NC(CO)c2ccccc2)nc1. The number of aliphatic hydroxyl groups excluding tert-OH is 1. The second-order valence-electron chi connectivity index (χ2n) is 3.87. The molecule has 0 aliphatic heterocycles. The van der Waals surface area contributed by atoms with Crippen molar-refractivity contribution in [3.63, 3.8) is 0 Å². The Morgan fingerprint density at radius 2 is 2.00 bits per heavy atom. The molecule has 18 heavy (non-hydrogen) atoms. The summed E-state index contributed by atoms with van der Waals surface area (Å²) in [6, 6.07) is 13.3. The highest BCUT2D eigenvalue weighted by molar-refractivity contribution is 5.40. The van der Waals surface area contributed by atoms with E-state index in [0.29, 0.717) is 11.6 Å². The van der Waals surface area contributed by atoms with E-state index in [9.17, 15) is 5.11 Å². The van der Waals surface area contributed by atoms with E-state index >= 15 is 0 Å². The van der Waals surface area contributed by atoms with Gasteiger partial charge in [0, 0.05) is 0 Å². The molecule has 0 aliphatic rings. The van der Waals surface area contributed by atoms with Crippen LogP contribution in [0.25, 0.3) is 0 Å². The third kappa shape index (κ3) is 2.99. The third-order valence-corrected chi connectivity index (χ3v) is 2.68. The lowest BCUT2D eigenvalue weighted by molar-refractivity contribution is 0.276. The van der Waals surface area contributed by atoms with Gasteiger partial charge in [0.15, 0.2) is 0 Å². The van der Waals surface area contributed by atoms with Crippen LogP contribution in [0.2, 0.25) is 0 Å². The van der Waals surface area contributed by atoms with Gasteiger partial charge in [-0.05, 0) is 17.7 Å². The Hall–Kier alpha value is -2.07. The van der Waals surface area contributed by atoms with Crippen LogP contribution in [0.3, 0.4) is 0 Å². The van der Waals surface area contributed by atoms with Crippen molar-refractivity contribution in [1.29, 1.82) is 0 Å². The van der Waals surface area contributed by atoms with Crippen LogP contribution in [-0.4, -0.2) is 23.8 Å². The molecule has 2 rings (SSSR count). The van der Waals surface area contributed by atoms with Crippen molar-refractivity contribution in [3.05, 3.63) is 54.2 Å². The fraction of sp³-hybridized carbons (Fsp3) is 0.214. The van der Waals surface area contributed by atoms with Gasteiger partial charge in [-0.3, -0.25) is 0 Å². The van der Waals surface area contributed by atoms with E-state index in [-0.39, 0.29) is 12.6 Å². The Morgan fingerprint density at radius 3 is 2.56 bits per heavy atom. The van der Waals surface area contributed by atoms with Gasteiger partial charge in [-0.2, -0.15) is 0 Å². The van der Waals surface area contributed by atoms with Crippen LogP contribution in [0.15, 0.2) is 48.7 Å². The summed E-state index contributed by atoms with van der Waals surface area (Å²) in [6.45, 7) is 0.0116. The minimum atomic E-state index is -0.160. The molecule has 1 unspecified atom stereocenters. The number of nitrogens with zero attached hydrogens (tertiary/aromatic N) is 1. The molecule has 1 heterocycles. The number of aliphatic hydroxyl groups is 1. The highest BCUT2D eigenvalue weighted by Crippen LogP contribution is 2.19. The van der Waals surface area contributed by atoms with Gasteiger partial charge in [0.25, 0.3) is 0 Å². The summed E-state index contributed by atoms with van der Waals surface area (Å²) in [5, 5.41) is 12.6. The molecular weight excluding hydrogens is 228 g/mol. The third-order valence-electron chi connectivity index (χ3n) is 2.68. The minimum absolute atomic E-state index is 0.0116. The standard InChI is InChI=1S/C14H16N2O2/c1-18-12-7-8-14(15-9-12)16-13(10-17)11-5-3-2-4-6-11/h2-9,13,17H,10H2,1H3,(H,15,16). The minimum Gasteiger partial charge on any atom is -0.495 e. The number of benzene rings is 1. The molecule has 0 fully saturated rings. The molecule has 1 aromatic carbocycles. The van der Waals surface area contributed by atoms with Gasteiger partial charge < -0.3 is 15.2 Å². The quantitative estimate of drug-likeness (QED) is 0.847. The molecule has 0 aliphatic carbocycles. The van der Waals surface area contributed by atoms with E-state index in [1.807, 2.05) is 42.5 Å². The molecule has 0 amide bonds. The smallest absolute Gasteiger partial charge is 0.137 e. The number of ether oxygens (including phenoxy) is 1. The van der Waals surface area contributed by atoms with Gasteiger partial charge >= 0.3 is 0 Å². The molecule has 4 heteroatoms.